The summed E-state index contributed by atoms with van der Waals surface area (Å²) in [4.78, 5) is 31.6. The molecule has 1 aromatic heterocycles. The normalized spacial score (nSPS) is 18.8. The van der Waals surface area contributed by atoms with Crippen molar-refractivity contribution in [3.05, 3.63) is 47.7 Å². The fraction of sp³-hybridized carbons (Fsp3) is 0.480. The van der Waals surface area contributed by atoms with Crippen molar-refractivity contribution in [1.29, 1.82) is 0 Å². The number of methoxy groups -OCH3 is 1. The molecule has 1 aliphatic carbocycles. The minimum absolute atomic E-state index is 0.0228. The molecule has 1 aliphatic heterocycles. The SMILES string of the molecule is CCc1cccc(NC(=O)CN2CCC(c3ccc(OC)c(OC4CCCC4)c3)C2=O)n1. The second kappa shape index (κ2) is 10.0. The molecular weight excluding hydrogens is 406 g/mol. The number of nitrogens with zero attached hydrogens (tertiary/aromatic N) is 2. The molecule has 2 aromatic rings. The first-order chi connectivity index (χ1) is 15.6. The first-order valence-electron chi connectivity index (χ1n) is 11.5. The van der Waals surface area contributed by atoms with Crippen molar-refractivity contribution < 1.29 is 19.1 Å². The van der Waals surface area contributed by atoms with Gasteiger partial charge in [-0.2, -0.15) is 0 Å². The van der Waals surface area contributed by atoms with E-state index in [9.17, 15) is 9.59 Å². The Morgan fingerprint density at radius 2 is 1.97 bits per heavy atom. The molecule has 7 nitrogen and oxygen atoms in total. The minimum atomic E-state index is -0.277. The average Bonchev–Trinajstić information content (AvgIpc) is 3.44. The van der Waals surface area contributed by atoms with Gasteiger partial charge < -0.3 is 19.7 Å². The van der Waals surface area contributed by atoms with Crippen LogP contribution >= 0.6 is 0 Å². The number of nitrogens with one attached hydrogen (secondary N) is 1. The smallest absolute Gasteiger partial charge is 0.245 e. The van der Waals surface area contributed by atoms with Crippen LogP contribution in [0.15, 0.2) is 36.4 Å². The number of ether oxygens (including phenoxy) is 2. The lowest BCUT2D eigenvalue weighted by Crippen LogP contribution is -2.35. The van der Waals surface area contributed by atoms with Gasteiger partial charge in [0.15, 0.2) is 11.5 Å². The van der Waals surface area contributed by atoms with Crippen molar-refractivity contribution >= 4 is 17.6 Å². The third-order valence-electron chi connectivity index (χ3n) is 6.25. The number of aryl methyl sites for hydroxylation is 1. The monoisotopic (exact) mass is 437 g/mol. The summed E-state index contributed by atoms with van der Waals surface area (Å²) in [7, 11) is 1.63. The number of amides is 2. The standard InChI is InChI=1S/C25H31N3O4/c1-3-18-7-6-10-23(26-18)27-24(29)16-28-14-13-20(25(28)30)17-11-12-21(31-2)22(15-17)32-19-8-4-5-9-19/h6-7,10-12,15,19-20H,3-5,8-9,13-14,16H2,1-2H3,(H,26,27,29). The Kier molecular flexibility index (Phi) is 6.93. The number of aromatic nitrogens is 1. The van der Waals surface area contributed by atoms with E-state index >= 15 is 0 Å². The van der Waals surface area contributed by atoms with Gasteiger partial charge in [0.1, 0.15) is 5.82 Å². The zero-order valence-electron chi connectivity index (χ0n) is 18.8. The van der Waals surface area contributed by atoms with Gasteiger partial charge >= 0.3 is 0 Å². The largest absolute Gasteiger partial charge is 0.493 e. The van der Waals surface area contributed by atoms with Crippen LogP contribution in [0.25, 0.3) is 0 Å². The topological polar surface area (TPSA) is 80.8 Å². The predicted molar refractivity (Wildman–Crippen MR) is 122 cm³/mol. The van der Waals surface area contributed by atoms with E-state index in [0.717, 1.165) is 30.5 Å². The molecule has 4 rings (SSSR count). The minimum Gasteiger partial charge on any atom is -0.493 e. The highest BCUT2D eigenvalue weighted by Gasteiger charge is 2.34. The molecule has 1 atom stereocenters. The van der Waals surface area contributed by atoms with Gasteiger partial charge in [-0.15, -0.1) is 0 Å². The maximum Gasteiger partial charge on any atom is 0.245 e. The van der Waals surface area contributed by atoms with Crippen molar-refractivity contribution in [3.8, 4) is 11.5 Å². The van der Waals surface area contributed by atoms with Crippen molar-refractivity contribution in [2.24, 2.45) is 0 Å². The lowest BCUT2D eigenvalue weighted by Gasteiger charge is -2.19. The van der Waals surface area contributed by atoms with E-state index in [4.69, 9.17) is 9.47 Å². The Morgan fingerprint density at radius 1 is 1.16 bits per heavy atom. The summed E-state index contributed by atoms with van der Waals surface area (Å²) in [6.45, 7) is 2.58. The summed E-state index contributed by atoms with van der Waals surface area (Å²) >= 11 is 0. The first-order valence-corrected chi connectivity index (χ1v) is 11.5. The summed E-state index contributed by atoms with van der Waals surface area (Å²) in [5.74, 6) is 1.35. The zero-order chi connectivity index (χ0) is 22.5. The molecule has 1 saturated carbocycles. The highest BCUT2D eigenvalue weighted by Crippen LogP contribution is 2.37. The molecule has 1 aromatic carbocycles. The first kappa shape index (κ1) is 22.1. The van der Waals surface area contributed by atoms with Gasteiger partial charge in [-0.3, -0.25) is 9.59 Å². The van der Waals surface area contributed by atoms with E-state index in [0.29, 0.717) is 30.3 Å². The van der Waals surface area contributed by atoms with Crippen LogP contribution in [0.1, 0.15) is 56.2 Å². The van der Waals surface area contributed by atoms with Crippen LogP contribution in [0.5, 0.6) is 11.5 Å². The summed E-state index contributed by atoms with van der Waals surface area (Å²) in [5.41, 5.74) is 1.82. The van der Waals surface area contributed by atoms with E-state index in [1.54, 1.807) is 18.1 Å². The zero-order valence-corrected chi connectivity index (χ0v) is 18.8. The number of likely N-dealkylation sites (tertiary alicyclic amines) is 1. The van der Waals surface area contributed by atoms with E-state index in [1.807, 2.05) is 37.3 Å². The Hall–Kier alpha value is -3.09. The molecule has 2 heterocycles. The second-order valence-corrected chi connectivity index (χ2v) is 8.45. The Morgan fingerprint density at radius 3 is 2.72 bits per heavy atom. The fourth-order valence-electron chi connectivity index (χ4n) is 4.49. The van der Waals surface area contributed by atoms with Crippen LogP contribution in [-0.4, -0.2) is 48.0 Å². The lowest BCUT2D eigenvalue weighted by atomic mass is 9.97. The highest BCUT2D eigenvalue weighted by molar-refractivity contribution is 5.95. The van der Waals surface area contributed by atoms with Gasteiger partial charge in [-0.25, -0.2) is 4.98 Å². The number of anilines is 1. The van der Waals surface area contributed by atoms with Crippen molar-refractivity contribution in [1.82, 2.24) is 9.88 Å². The second-order valence-electron chi connectivity index (χ2n) is 8.45. The van der Waals surface area contributed by atoms with E-state index in [-0.39, 0.29) is 30.4 Å². The summed E-state index contributed by atoms with van der Waals surface area (Å²) in [5, 5.41) is 2.80. The van der Waals surface area contributed by atoms with Crippen LogP contribution < -0.4 is 14.8 Å². The van der Waals surface area contributed by atoms with Gasteiger partial charge in [0.05, 0.1) is 25.7 Å². The molecule has 1 saturated heterocycles. The third kappa shape index (κ3) is 5.03. The van der Waals surface area contributed by atoms with Gasteiger partial charge in [0.25, 0.3) is 0 Å². The maximum atomic E-state index is 13.1. The van der Waals surface area contributed by atoms with Crippen molar-refractivity contribution in [2.45, 2.75) is 57.5 Å². The van der Waals surface area contributed by atoms with Crippen LogP contribution in [0.4, 0.5) is 5.82 Å². The molecular formula is C25H31N3O4. The molecule has 170 valence electrons. The summed E-state index contributed by atoms with van der Waals surface area (Å²) in [6.07, 6.45) is 6.14. The van der Waals surface area contributed by atoms with E-state index in [2.05, 4.69) is 10.3 Å². The Labute approximate surface area is 189 Å². The van der Waals surface area contributed by atoms with Gasteiger partial charge in [-0.1, -0.05) is 19.1 Å². The van der Waals surface area contributed by atoms with E-state index in [1.165, 1.54) is 12.8 Å². The molecule has 2 aliphatic rings. The van der Waals surface area contributed by atoms with Crippen LogP contribution in [-0.2, 0) is 16.0 Å². The molecule has 0 bridgehead atoms. The molecule has 7 heteroatoms. The number of carbonyl (C=O) groups is 2. The van der Waals surface area contributed by atoms with Crippen molar-refractivity contribution in [3.63, 3.8) is 0 Å². The van der Waals surface area contributed by atoms with Crippen LogP contribution in [0.3, 0.4) is 0 Å². The highest BCUT2D eigenvalue weighted by atomic mass is 16.5. The summed E-state index contributed by atoms with van der Waals surface area (Å²) < 4.78 is 11.7. The maximum absolute atomic E-state index is 13.1. The number of rotatable bonds is 8. The molecule has 32 heavy (non-hydrogen) atoms. The molecule has 2 amide bonds. The van der Waals surface area contributed by atoms with Crippen LogP contribution in [0.2, 0.25) is 0 Å². The van der Waals surface area contributed by atoms with Gasteiger partial charge in [0, 0.05) is 12.2 Å². The number of benzene rings is 1. The van der Waals surface area contributed by atoms with E-state index < -0.39 is 0 Å². The fourth-order valence-corrected chi connectivity index (χ4v) is 4.49. The van der Waals surface area contributed by atoms with Crippen LogP contribution in [0, 0.1) is 0 Å². The number of hydrogen-bond acceptors (Lipinski definition) is 5. The molecule has 0 spiro atoms. The number of pyridine rings is 1. The lowest BCUT2D eigenvalue weighted by molar-refractivity contribution is -0.132. The number of hydrogen-bond donors (Lipinski definition) is 1. The van der Waals surface area contributed by atoms with Crippen molar-refractivity contribution in [2.75, 3.05) is 25.5 Å². The quantitative estimate of drug-likeness (QED) is 0.677. The molecule has 1 N–H and O–H groups in total. The summed E-state index contributed by atoms with van der Waals surface area (Å²) in [6, 6.07) is 11.3. The number of carbonyl (C=O) groups excluding carboxylic acids is 2. The predicted octanol–water partition coefficient (Wildman–Crippen LogP) is 3.93. The molecule has 1 unspecified atom stereocenters. The Bertz CT molecular complexity index is 971. The van der Waals surface area contributed by atoms with Gasteiger partial charge in [0.2, 0.25) is 11.8 Å². The average molecular weight is 438 g/mol. The molecule has 0 radical (unpaired) electrons. The van der Waals surface area contributed by atoms with Gasteiger partial charge in [-0.05, 0) is 68.4 Å². The molecule has 2 fully saturated rings. The third-order valence-corrected chi connectivity index (χ3v) is 6.25. The Balaban J connectivity index is 1.40.